The minimum absolute atomic E-state index is 0.163. The van der Waals surface area contributed by atoms with Crippen LogP contribution in [0.1, 0.15) is 47.9 Å². The average molecular weight is 428 g/mol. The van der Waals surface area contributed by atoms with Gasteiger partial charge in [0.1, 0.15) is 23.5 Å². The molecule has 0 fully saturated rings. The van der Waals surface area contributed by atoms with E-state index in [9.17, 15) is 13.2 Å². The second-order valence-corrected chi connectivity index (χ2v) is 9.98. The summed E-state index contributed by atoms with van der Waals surface area (Å²) in [5, 5.41) is 6.73. The Balaban J connectivity index is 1.74. The van der Waals surface area contributed by atoms with E-state index in [4.69, 9.17) is 0 Å². The number of amides is 1. The molecular weight excluding hydrogens is 402 g/mol. The number of nitrogens with zero attached hydrogens (tertiary/aromatic N) is 2. The number of carbonyl (C=O) groups excluding carboxylic acids is 1. The molecule has 2 aromatic heterocycles. The lowest BCUT2D eigenvalue weighted by Crippen LogP contribution is -2.20. The zero-order valence-electron chi connectivity index (χ0n) is 17.2. The first-order valence-corrected chi connectivity index (χ1v) is 11.6. The minimum atomic E-state index is -3.24. The molecule has 1 aliphatic rings. The maximum atomic E-state index is 12.6. The molecule has 1 amide bonds. The molecule has 0 saturated carbocycles. The van der Waals surface area contributed by atoms with Crippen molar-refractivity contribution < 1.29 is 13.2 Å². The van der Waals surface area contributed by atoms with Gasteiger partial charge >= 0.3 is 0 Å². The molecule has 0 spiro atoms. The molecule has 3 heterocycles. The quantitative estimate of drug-likeness (QED) is 0.576. The predicted molar refractivity (Wildman–Crippen MR) is 115 cm³/mol. The van der Waals surface area contributed by atoms with Gasteiger partial charge in [-0.05, 0) is 42.0 Å². The highest BCUT2D eigenvalue weighted by Gasteiger charge is 2.26. The van der Waals surface area contributed by atoms with Gasteiger partial charge in [-0.15, -0.1) is 0 Å². The molecule has 0 saturated heterocycles. The van der Waals surface area contributed by atoms with Crippen molar-refractivity contribution >= 4 is 32.6 Å². The molecule has 4 rings (SSSR count). The Morgan fingerprint density at radius 2 is 2.00 bits per heavy atom. The summed E-state index contributed by atoms with van der Waals surface area (Å²) in [4.78, 5) is 24.0. The zero-order chi connectivity index (χ0) is 21.5. The van der Waals surface area contributed by atoms with Gasteiger partial charge in [0.25, 0.3) is 5.91 Å². The van der Waals surface area contributed by atoms with Gasteiger partial charge in [-0.1, -0.05) is 26.0 Å². The summed E-state index contributed by atoms with van der Waals surface area (Å²) in [6.45, 7) is 4.13. The zero-order valence-corrected chi connectivity index (χ0v) is 18.0. The third kappa shape index (κ3) is 3.65. The van der Waals surface area contributed by atoms with Crippen LogP contribution >= 0.6 is 0 Å². The highest BCUT2D eigenvalue weighted by atomic mass is 32.2. The van der Waals surface area contributed by atoms with Crippen LogP contribution in [-0.2, 0) is 16.3 Å². The number of benzene rings is 1. The fourth-order valence-corrected chi connectivity index (χ4v) is 5.55. The van der Waals surface area contributed by atoms with Gasteiger partial charge in [-0.25, -0.2) is 18.4 Å². The normalized spacial score (nSPS) is 16.3. The Labute approximate surface area is 175 Å². The fraction of sp³-hybridized carbons (Fsp3) is 0.381. The van der Waals surface area contributed by atoms with Gasteiger partial charge in [0.15, 0.2) is 9.84 Å². The highest BCUT2D eigenvalue weighted by molar-refractivity contribution is 7.91. The summed E-state index contributed by atoms with van der Waals surface area (Å²) in [7, 11) is -1.68. The summed E-state index contributed by atoms with van der Waals surface area (Å²) < 4.78 is 25.1. The van der Waals surface area contributed by atoms with Gasteiger partial charge in [0, 0.05) is 7.05 Å². The number of H-pyrrole nitrogens is 1. The summed E-state index contributed by atoms with van der Waals surface area (Å²) in [5.41, 5.74) is 2.74. The number of nitrogens with one attached hydrogen (secondary N) is 3. The number of fused-ring (bicyclic) bond motifs is 2. The van der Waals surface area contributed by atoms with Gasteiger partial charge in [-0.3, -0.25) is 4.79 Å². The highest BCUT2D eigenvalue weighted by Crippen LogP contribution is 2.33. The summed E-state index contributed by atoms with van der Waals surface area (Å²) in [5.74, 6) is 0.711. The topological polar surface area (TPSA) is 117 Å². The van der Waals surface area contributed by atoms with E-state index in [-0.39, 0.29) is 23.6 Å². The van der Waals surface area contributed by atoms with E-state index in [1.165, 1.54) is 6.33 Å². The van der Waals surface area contributed by atoms with Crippen molar-refractivity contribution in [2.75, 3.05) is 18.1 Å². The van der Waals surface area contributed by atoms with Crippen molar-refractivity contribution in [3.05, 3.63) is 47.4 Å². The van der Waals surface area contributed by atoms with E-state index < -0.39 is 9.84 Å². The van der Waals surface area contributed by atoms with E-state index in [2.05, 4.69) is 39.4 Å². The molecule has 1 aliphatic heterocycles. The van der Waals surface area contributed by atoms with Gasteiger partial charge in [0.2, 0.25) is 0 Å². The van der Waals surface area contributed by atoms with Gasteiger partial charge < -0.3 is 15.6 Å². The maximum Gasteiger partial charge on any atom is 0.267 e. The van der Waals surface area contributed by atoms with Crippen LogP contribution in [0, 0.1) is 5.92 Å². The van der Waals surface area contributed by atoms with E-state index in [1.807, 2.05) is 12.1 Å². The first-order chi connectivity index (χ1) is 14.3. The number of sulfone groups is 1. The van der Waals surface area contributed by atoms with Gasteiger partial charge in [0.05, 0.1) is 22.1 Å². The van der Waals surface area contributed by atoms with Crippen LogP contribution in [0.25, 0.3) is 11.0 Å². The molecule has 3 N–H and O–H groups in total. The van der Waals surface area contributed by atoms with Gasteiger partial charge in [-0.2, -0.15) is 0 Å². The lowest BCUT2D eigenvalue weighted by atomic mass is 9.94. The van der Waals surface area contributed by atoms with Crippen LogP contribution in [0.5, 0.6) is 0 Å². The molecule has 1 atom stereocenters. The molecule has 0 bridgehead atoms. The Hall–Kier alpha value is -2.94. The third-order valence-corrected chi connectivity index (χ3v) is 7.38. The number of anilines is 1. The molecule has 0 radical (unpaired) electrons. The van der Waals surface area contributed by atoms with E-state index >= 15 is 0 Å². The second-order valence-electron chi connectivity index (χ2n) is 7.90. The molecule has 30 heavy (non-hydrogen) atoms. The number of hydrogen-bond donors (Lipinski definition) is 3. The monoisotopic (exact) mass is 427 g/mol. The van der Waals surface area contributed by atoms with E-state index in [0.717, 1.165) is 17.5 Å². The standard InChI is InChI=1S/C21H25N5O3S/c1-12(2)18(14-7-6-13-5-4-8-30(28,29)17(13)9-14)26-20-15-10-16(21(27)22-3)25-19(15)23-11-24-20/h6-7,9-12,18H,4-5,8H2,1-3H3,(H,22,27)(H2,23,24,25,26)/t18-/m1/s1. The van der Waals surface area contributed by atoms with E-state index in [1.54, 1.807) is 19.2 Å². The Kier molecular flexibility index (Phi) is 5.23. The largest absolute Gasteiger partial charge is 0.362 e. The molecule has 3 aromatic rings. The second kappa shape index (κ2) is 7.71. The SMILES string of the molecule is CNC(=O)c1cc2c(N[C@@H](c3ccc4c(c3)S(=O)(=O)CCC4)C(C)C)ncnc2[nH]1. The number of carbonyl (C=O) groups is 1. The van der Waals surface area contributed by atoms with Crippen molar-refractivity contribution in [2.24, 2.45) is 5.92 Å². The summed E-state index contributed by atoms with van der Waals surface area (Å²) >= 11 is 0. The lowest BCUT2D eigenvalue weighted by Gasteiger charge is -2.26. The number of aromatic amines is 1. The minimum Gasteiger partial charge on any atom is -0.362 e. The molecule has 9 heteroatoms. The van der Waals surface area contributed by atoms with Crippen LogP contribution in [0.15, 0.2) is 35.5 Å². The van der Waals surface area contributed by atoms with Crippen molar-refractivity contribution in [1.82, 2.24) is 20.3 Å². The molecule has 0 aliphatic carbocycles. The van der Waals surface area contributed by atoms with Crippen molar-refractivity contribution in [1.29, 1.82) is 0 Å². The van der Waals surface area contributed by atoms with Crippen LogP contribution in [0.4, 0.5) is 5.82 Å². The molecule has 158 valence electrons. The van der Waals surface area contributed by atoms with Crippen LogP contribution in [0.3, 0.4) is 0 Å². The molecular formula is C21H25N5O3S. The third-order valence-electron chi connectivity index (χ3n) is 5.50. The smallest absolute Gasteiger partial charge is 0.267 e. The van der Waals surface area contributed by atoms with Crippen molar-refractivity contribution in [3.63, 3.8) is 0 Å². The summed E-state index contributed by atoms with van der Waals surface area (Å²) in [6.07, 6.45) is 2.89. The van der Waals surface area contributed by atoms with Crippen LogP contribution in [0.2, 0.25) is 0 Å². The first-order valence-electron chi connectivity index (χ1n) is 9.98. The predicted octanol–water partition coefficient (Wildman–Crippen LogP) is 2.85. The number of rotatable bonds is 5. The lowest BCUT2D eigenvalue weighted by molar-refractivity contribution is 0.0959. The Bertz CT molecular complexity index is 1220. The number of aryl methyl sites for hydroxylation is 1. The van der Waals surface area contributed by atoms with Crippen molar-refractivity contribution in [3.8, 4) is 0 Å². The molecule has 8 nitrogen and oxygen atoms in total. The fourth-order valence-electron chi connectivity index (χ4n) is 3.92. The summed E-state index contributed by atoms with van der Waals surface area (Å²) in [6, 6.07) is 7.26. The number of aromatic nitrogens is 3. The van der Waals surface area contributed by atoms with Crippen molar-refractivity contribution in [2.45, 2.75) is 37.6 Å². The van der Waals surface area contributed by atoms with Crippen LogP contribution < -0.4 is 10.6 Å². The first kappa shape index (κ1) is 20.3. The average Bonchev–Trinajstić information content (AvgIpc) is 3.16. The molecule has 0 unspecified atom stereocenters. The Morgan fingerprint density at radius 3 is 2.73 bits per heavy atom. The van der Waals surface area contributed by atoms with E-state index in [0.29, 0.717) is 33.9 Å². The number of hydrogen-bond acceptors (Lipinski definition) is 6. The maximum absolute atomic E-state index is 12.6. The Morgan fingerprint density at radius 1 is 1.20 bits per heavy atom. The molecule has 1 aromatic carbocycles. The van der Waals surface area contributed by atoms with Crippen LogP contribution in [-0.4, -0.2) is 42.1 Å².